The average molecular weight is 380 g/mol. The van der Waals surface area contributed by atoms with Crippen molar-refractivity contribution in [1.29, 1.82) is 0 Å². The second kappa shape index (κ2) is 7.25. The maximum Gasteiger partial charge on any atom is 0.295 e. The average Bonchev–Trinajstić information content (AvgIpc) is 2.83. The molecule has 1 saturated heterocycles. The van der Waals surface area contributed by atoms with E-state index in [1.54, 1.807) is 42.6 Å². The van der Waals surface area contributed by atoms with Gasteiger partial charge in [-0.3, -0.25) is 14.5 Å². The standard InChI is InChI=1S/C16H11Cl2N3O2S/c17-11-5-4-10(12(18)8-11)7-13-15(22)21(16(23)24-13)9-20-14-3-1-2-6-19-14/h1-8H,9H2,(H,19,20). The lowest BCUT2D eigenvalue weighted by atomic mass is 10.2. The molecule has 1 aromatic carbocycles. The highest BCUT2D eigenvalue weighted by Gasteiger charge is 2.34. The fourth-order valence-electron chi connectivity index (χ4n) is 2.02. The van der Waals surface area contributed by atoms with Crippen LogP contribution in [0.1, 0.15) is 5.56 Å². The minimum Gasteiger partial charge on any atom is -0.352 e. The Balaban J connectivity index is 1.75. The topological polar surface area (TPSA) is 62.3 Å². The monoisotopic (exact) mass is 379 g/mol. The predicted molar refractivity (Wildman–Crippen MR) is 97.0 cm³/mol. The van der Waals surface area contributed by atoms with Gasteiger partial charge in [0.2, 0.25) is 0 Å². The molecule has 5 nitrogen and oxygen atoms in total. The molecule has 8 heteroatoms. The fourth-order valence-corrected chi connectivity index (χ4v) is 3.32. The van der Waals surface area contributed by atoms with E-state index >= 15 is 0 Å². The third-order valence-electron chi connectivity index (χ3n) is 3.21. The minimum atomic E-state index is -0.376. The van der Waals surface area contributed by atoms with Gasteiger partial charge in [-0.15, -0.1) is 0 Å². The number of hydrogen-bond acceptors (Lipinski definition) is 5. The molecule has 1 aliphatic rings. The van der Waals surface area contributed by atoms with Crippen LogP contribution in [0.15, 0.2) is 47.5 Å². The molecule has 1 aliphatic heterocycles. The number of nitrogens with zero attached hydrogens (tertiary/aromatic N) is 2. The summed E-state index contributed by atoms with van der Waals surface area (Å²) in [5.74, 6) is 0.209. The van der Waals surface area contributed by atoms with Crippen molar-refractivity contribution in [2.75, 3.05) is 12.0 Å². The van der Waals surface area contributed by atoms with Crippen LogP contribution >= 0.6 is 35.0 Å². The van der Waals surface area contributed by atoms with Crippen LogP contribution in [0.3, 0.4) is 0 Å². The molecule has 0 radical (unpaired) electrons. The number of nitrogens with one attached hydrogen (secondary N) is 1. The molecule has 2 aromatic rings. The Morgan fingerprint density at radius 2 is 2.04 bits per heavy atom. The van der Waals surface area contributed by atoms with Crippen LogP contribution in [0.2, 0.25) is 10.0 Å². The van der Waals surface area contributed by atoms with Crippen LogP contribution in [-0.2, 0) is 4.79 Å². The minimum absolute atomic E-state index is 0.0490. The molecular weight excluding hydrogens is 369 g/mol. The number of thioether (sulfide) groups is 1. The summed E-state index contributed by atoms with van der Waals surface area (Å²) in [5.41, 5.74) is 0.629. The highest BCUT2D eigenvalue weighted by molar-refractivity contribution is 8.18. The number of rotatable bonds is 4. The molecule has 1 fully saturated rings. The molecule has 0 atom stereocenters. The number of benzene rings is 1. The predicted octanol–water partition coefficient (Wildman–Crippen LogP) is 4.49. The van der Waals surface area contributed by atoms with Crippen molar-refractivity contribution in [2.24, 2.45) is 0 Å². The lowest BCUT2D eigenvalue weighted by Gasteiger charge is -2.13. The first kappa shape index (κ1) is 16.8. The van der Waals surface area contributed by atoms with Gasteiger partial charge < -0.3 is 5.32 Å². The second-order valence-corrected chi connectivity index (χ2v) is 6.66. The molecule has 0 spiro atoms. The molecule has 0 bridgehead atoms. The zero-order chi connectivity index (χ0) is 17.1. The maximum atomic E-state index is 12.4. The summed E-state index contributed by atoms with van der Waals surface area (Å²) in [5, 5.41) is 3.51. The van der Waals surface area contributed by atoms with E-state index in [0.717, 1.165) is 16.7 Å². The van der Waals surface area contributed by atoms with Gasteiger partial charge in [-0.1, -0.05) is 35.3 Å². The van der Waals surface area contributed by atoms with Gasteiger partial charge in [0.1, 0.15) is 12.5 Å². The van der Waals surface area contributed by atoms with Gasteiger partial charge in [-0.2, -0.15) is 0 Å². The summed E-state index contributed by atoms with van der Waals surface area (Å²) in [6.45, 7) is 0.0490. The van der Waals surface area contributed by atoms with Crippen molar-refractivity contribution >= 4 is 58.0 Å². The molecule has 0 aliphatic carbocycles. The molecule has 122 valence electrons. The zero-order valence-corrected chi connectivity index (χ0v) is 14.5. The normalized spacial score (nSPS) is 16.1. The third-order valence-corrected chi connectivity index (χ3v) is 4.68. The Morgan fingerprint density at radius 1 is 1.21 bits per heavy atom. The second-order valence-electron chi connectivity index (χ2n) is 4.83. The van der Waals surface area contributed by atoms with E-state index in [4.69, 9.17) is 23.2 Å². The molecule has 3 rings (SSSR count). The quantitative estimate of drug-likeness (QED) is 0.792. The van der Waals surface area contributed by atoms with E-state index in [1.165, 1.54) is 0 Å². The Morgan fingerprint density at radius 3 is 2.75 bits per heavy atom. The molecule has 2 amide bonds. The number of aromatic nitrogens is 1. The summed E-state index contributed by atoms with van der Waals surface area (Å²) in [6.07, 6.45) is 3.21. The number of hydrogen-bond donors (Lipinski definition) is 1. The van der Waals surface area contributed by atoms with Gasteiger partial charge in [0.05, 0.1) is 4.91 Å². The Hall–Kier alpha value is -2.02. The van der Waals surface area contributed by atoms with Gasteiger partial charge in [0.15, 0.2) is 0 Å². The number of amides is 2. The Bertz CT molecular complexity index is 827. The number of halogens is 2. The van der Waals surface area contributed by atoms with Crippen LogP contribution < -0.4 is 5.32 Å². The summed E-state index contributed by atoms with van der Waals surface area (Å²) in [6, 6.07) is 10.3. The first-order valence-electron chi connectivity index (χ1n) is 6.90. The van der Waals surface area contributed by atoms with E-state index in [9.17, 15) is 9.59 Å². The molecule has 2 heterocycles. The Kier molecular flexibility index (Phi) is 5.08. The van der Waals surface area contributed by atoms with Crippen molar-refractivity contribution in [1.82, 2.24) is 9.88 Å². The van der Waals surface area contributed by atoms with Crippen molar-refractivity contribution in [3.8, 4) is 0 Å². The van der Waals surface area contributed by atoms with Crippen molar-refractivity contribution < 1.29 is 9.59 Å². The lowest BCUT2D eigenvalue weighted by Crippen LogP contribution is -2.33. The van der Waals surface area contributed by atoms with E-state index in [2.05, 4.69) is 10.3 Å². The largest absolute Gasteiger partial charge is 0.352 e. The number of pyridine rings is 1. The van der Waals surface area contributed by atoms with E-state index < -0.39 is 0 Å². The van der Waals surface area contributed by atoms with E-state index in [0.29, 0.717) is 26.3 Å². The van der Waals surface area contributed by atoms with Crippen LogP contribution in [0.25, 0.3) is 6.08 Å². The number of anilines is 1. The van der Waals surface area contributed by atoms with Crippen LogP contribution in [0.5, 0.6) is 0 Å². The fraction of sp³-hybridized carbons (Fsp3) is 0.0625. The van der Waals surface area contributed by atoms with Crippen LogP contribution in [0, 0.1) is 0 Å². The van der Waals surface area contributed by atoms with Crippen LogP contribution in [0.4, 0.5) is 10.6 Å². The molecule has 0 saturated carbocycles. The van der Waals surface area contributed by atoms with Gasteiger partial charge in [0.25, 0.3) is 11.1 Å². The first-order chi connectivity index (χ1) is 11.5. The van der Waals surface area contributed by atoms with E-state index in [1.807, 2.05) is 6.07 Å². The molecule has 1 aromatic heterocycles. The number of carbonyl (C=O) groups excluding carboxylic acids is 2. The smallest absolute Gasteiger partial charge is 0.295 e. The van der Waals surface area contributed by atoms with Gasteiger partial charge >= 0.3 is 0 Å². The van der Waals surface area contributed by atoms with Gasteiger partial charge in [-0.25, -0.2) is 4.98 Å². The van der Waals surface area contributed by atoms with Crippen molar-refractivity contribution in [3.63, 3.8) is 0 Å². The first-order valence-corrected chi connectivity index (χ1v) is 8.47. The highest BCUT2D eigenvalue weighted by atomic mass is 35.5. The third kappa shape index (κ3) is 3.72. The zero-order valence-electron chi connectivity index (χ0n) is 12.2. The van der Waals surface area contributed by atoms with Crippen molar-refractivity contribution in [2.45, 2.75) is 0 Å². The van der Waals surface area contributed by atoms with Gasteiger partial charge in [0, 0.05) is 16.2 Å². The molecule has 24 heavy (non-hydrogen) atoms. The van der Waals surface area contributed by atoms with Crippen molar-refractivity contribution in [3.05, 3.63) is 63.1 Å². The number of imide groups is 1. The summed E-state index contributed by atoms with van der Waals surface area (Å²) < 4.78 is 0. The number of carbonyl (C=O) groups is 2. The van der Waals surface area contributed by atoms with Gasteiger partial charge in [-0.05, 0) is 47.7 Å². The Labute approximate surface area is 152 Å². The molecular formula is C16H11Cl2N3O2S. The summed E-state index contributed by atoms with van der Waals surface area (Å²) in [7, 11) is 0. The SMILES string of the molecule is O=C1SC(=Cc2ccc(Cl)cc2Cl)C(=O)N1CNc1ccccn1. The summed E-state index contributed by atoms with van der Waals surface area (Å²) >= 11 is 12.8. The highest BCUT2D eigenvalue weighted by Crippen LogP contribution is 2.33. The van der Waals surface area contributed by atoms with Crippen LogP contribution in [-0.4, -0.2) is 27.7 Å². The molecule has 1 N–H and O–H groups in total. The maximum absolute atomic E-state index is 12.4. The summed E-state index contributed by atoms with van der Waals surface area (Å²) in [4.78, 5) is 30.0. The molecule has 0 unspecified atom stereocenters. The van der Waals surface area contributed by atoms with E-state index in [-0.39, 0.29) is 17.8 Å². The lowest BCUT2D eigenvalue weighted by molar-refractivity contribution is -0.122.